The molecule has 2 aromatic carbocycles. The summed E-state index contributed by atoms with van der Waals surface area (Å²) in [7, 11) is 0. The Morgan fingerprint density at radius 3 is 2.64 bits per heavy atom. The number of aliphatic carboxylic acids is 1. The van der Waals surface area contributed by atoms with E-state index in [1.165, 1.54) is 0 Å². The Morgan fingerprint density at radius 1 is 1.32 bits per heavy atom. The number of nitrogens with zero attached hydrogens (tertiary/aromatic N) is 2. The number of aromatic amines is 1. The van der Waals surface area contributed by atoms with Crippen LogP contribution in [0.5, 0.6) is 5.75 Å². The van der Waals surface area contributed by atoms with E-state index in [4.69, 9.17) is 10.00 Å². The van der Waals surface area contributed by atoms with Gasteiger partial charge in [-0.2, -0.15) is 5.26 Å². The Kier molecular flexibility index (Phi) is 5.61. The lowest BCUT2D eigenvalue weighted by Crippen LogP contribution is -2.20. The molecule has 0 aliphatic carbocycles. The smallest absolute Gasteiger partial charge is 0.330 e. The second-order valence-corrected chi connectivity index (χ2v) is 6.21. The van der Waals surface area contributed by atoms with Gasteiger partial charge in [0, 0.05) is 11.3 Å². The summed E-state index contributed by atoms with van der Waals surface area (Å²) in [5.74, 6) is 0.323. The van der Waals surface area contributed by atoms with Crippen LogP contribution in [0.2, 0.25) is 0 Å². The molecule has 0 spiro atoms. The molecule has 7 nitrogen and oxygen atoms in total. The predicted octanol–water partition coefficient (Wildman–Crippen LogP) is 3.89. The summed E-state index contributed by atoms with van der Waals surface area (Å²) in [4.78, 5) is 19.3. The molecular weight excluding hydrogens is 356 g/mol. The van der Waals surface area contributed by atoms with E-state index in [1.54, 1.807) is 42.6 Å². The van der Waals surface area contributed by atoms with Crippen LogP contribution in [0.4, 0.5) is 5.69 Å². The van der Waals surface area contributed by atoms with Gasteiger partial charge >= 0.3 is 5.97 Å². The fourth-order valence-electron chi connectivity index (χ4n) is 2.86. The van der Waals surface area contributed by atoms with Crippen LogP contribution < -0.4 is 10.1 Å². The molecule has 0 aliphatic heterocycles. The average Bonchev–Trinajstić information content (AvgIpc) is 3.13. The normalized spacial score (nSPS) is 11.5. The van der Waals surface area contributed by atoms with Gasteiger partial charge in [0.05, 0.1) is 30.1 Å². The van der Waals surface area contributed by atoms with Crippen LogP contribution in [-0.2, 0) is 4.79 Å². The van der Waals surface area contributed by atoms with Gasteiger partial charge in [-0.25, -0.2) is 9.78 Å². The third-order valence-electron chi connectivity index (χ3n) is 4.16. The third kappa shape index (κ3) is 4.30. The number of carboxylic acid groups (broad SMARTS) is 1. The molecule has 7 heteroatoms. The highest BCUT2D eigenvalue weighted by atomic mass is 16.5. The van der Waals surface area contributed by atoms with Crippen molar-refractivity contribution in [3.05, 3.63) is 65.6 Å². The maximum absolute atomic E-state index is 12.0. The number of hydrogen-bond acceptors (Lipinski definition) is 5. The number of anilines is 1. The Labute approximate surface area is 162 Å². The quantitative estimate of drug-likeness (QED) is 0.577. The van der Waals surface area contributed by atoms with Crippen LogP contribution in [-0.4, -0.2) is 27.7 Å². The van der Waals surface area contributed by atoms with E-state index in [9.17, 15) is 9.90 Å². The van der Waals surface area contributed by atoms with E-state index in [0.29, 0.717) is 29.2 Å². The second kappa shape index (κ2) is 8.27. The average molecular weight is 376 g/mol. The number of rotatable bonds is 7. The molecule has 142 valence electrons. The van der Waals surface area contributed by atoms with E-state index in [0.717, 1.165) is 17.1 Å². The largest absolute Gasteiger partial charge is 0.494 e. The molecule has 3 rings (SSSR count). The van der Waals surface area contributed by atoms with E-state index < -0.39 is 12.0 Å². The SMILES string of the molecule is CCOc1cc(-c2cnc(C)[nH]2)cc(C(Nc2ccc(C#N)cc2)C(=O)O)c1. The number of benzene rings is 2. The van der Waals surface area contributed by atoms with Crippen LogP contribution in [0.25, 0.3) is 11.3 Å². The van der Waals surface area contributed by atoms with Crippen molar-refractivity contribution >= 4 is 11.7 Å². The molecule has 0 fully saturated rings. The lowest BCUT2D eigenvalue weighted by molar-refractivity contribution is -0.138. The Hall–Kier alpha value is -3.79. The lowest BCUT2D eigenvalue weighted by Gasteiger charge is -2.18. The molecule has 1 aromatic heterocycles. The van der Waals surface area contributed by atoms with Crippen LogP contribution >= 0.6 is 0 Å². The summed E-state index contributed by atoms with van der Waals surface area (Å²) < 4.78 is 5.63. The molecule has 1 atom stereocenters. The van der Waals surface area contributed by atoms with Gasteiger partial charge in [0.2, 0.25) is 0 Å². The van der Waals surface area contributed by atoms with E-state index in [-0.39, 0.29) is 0 Å². The molecule has 3 aromatic rings. The van der Waals surface area contributed by atoms with Gasteiger partial charge in [0.25, 0.3) is 0 Å². The summed E-state index contributed by atoms with van der Waals surface area (Å²) in [5.41, 5.74) is 3.22. The number of H-pyrrole nitrogens is 1. The van der Waals surface area contributed by atoms with Crippen LogP contribution in [0.15, 0.2) is 48.7 Å². The van der Waals surface area contributed by atoms with Crippen molar-refractivity contribution in [1.82, 2.24) is 9.97 Å². The van der Waals surface area contributed by atoms with Gasteiger partial charge in [-0.1, -0.05) is 0 Å². The van der Waals surface area contributed by atoms with Gasteiger partial charge in [-0.15, -0.1) is 0 Å². The van der Waals surface area contributed by atoms with E-state index in [1.807, 2.05) is 26.0 Å². The summed E-state index contributed by atoms with van der Waals surface area (Å²) >= 11 is 0. The monoisotopic (exact) mass is 376 g/mol. The van der Waals surface area contributed by atoms with Crippen molar-refractivity contribution in [2.24, 2.45) is 0 Å². The minimum atomic E-state index is -1.02. The predicted molar refractivity (Wildman–Crippen MR) is 105 cm³/mol. The molecule has 0 amide bonds. The number of aromatic nitrogens is 2. The van der Waals surface area contributed by atoms with Crippen LogP contribution in [0.1, 0.15) is 29.9 Å². The molecule has 1 heterocycles. The molecular formula is C21H20N4O3. The highest BCUT2D eigenvalue weighted by Crippen LogP contribution is 2.30. The van der Waals surface area contributed by atoms with Crippen LogP contribution in [0.3, 0.4) is 0 Å². The number of aryl methyl sites for hydroxylation is 1. The number of nitriles is 1. The van der Waals surface area contributed by atoms with Gasteiger partial charge in [-0.05, 0) is 61.9 Å². The van der Waals surface area contributed by atoms with Crippen molar-refractivity contribution in [3.8, 4) is 23.1 Å². The summed E-state index contributed by atoms with van der Waals surface area (Å²) in [6, 6.07) is 13.0. The zero-order chi connectivity index (χ0) is 20.1. The van der Waals surface area contributed by atoms with E-state index >= 15 is 0 Å². The summed E-state index contributed by atoms with van der Waals surface area (Å²) in [6.45, 7) is 4.19. The molecule has 3 N–H and O–H groups in total. The van der Waals surface area contributed by atoms with Gasteiger partial charge < -0.3 is 20.1 Å². The molecule has 1 unspecified atom stereocenters. The lowest BCUT2D eigenvalue weighted by atomic mass is 10.0. The second-order valence-electron chi connectivity index (χ2n) is 6.21. The summed E-state index contributed by atoms with van der Waals surface area (Å²) in [5, 5.41) is 21.7. The van der Waals surface area contributed by atoms with Crippen molar-refractivity contribution in [2.45, 2.75) is 19.9 Å². The Morgan fingerprint density at radius 2 is 2.07 bits per heavy atom. The van der Waals surface area contributed by atoms with Crippen LogP contribution in [0, 0.1) is 18.3 Å². The van der Waals surface area contributed by atoms with Crippen molar-refractivity contribution in [3.63, 3.8) is 0 Å². The van der Waals surface area contributed by atoms with Gasteiger partial charge in [-0.3, -0.25) is 0 Å². The molecule has 0 saturated carbocycles. The number of hydrogen-bond donors (Lipinski definition) is 3. The zero-order valence-electron chi connectivity index (χ0n) is 15.6. The molecule has 0 saturated heterocycles. The highest BCUT2D eigenvalue weighted by molar-refractivity contribution is 5.80. The first kappa shape index (κ1) is 19.0. The van der Waals surface area contributed by atoms with Crippen molar-refractivity contribution in [1.29, 1.82) is 5.26 Å². The first-order valence-electron chi connectivity index (χ1n) is 8.79. The Bertz CT molecular complexity index is 1020. The number of imidazole rings is 1. The fraction of sp³-hybridized carbons (Fsp3) is 0.190. The van der Waals surface area contributed by atoms with Crippen molar-refractivity contribution in [2.75, 3.05) is 11.9 Å². The number of nitrogens with one attached hydrogen (secondary N) is 2. The fourth-order valence-corrected chi connectivity index (χ4v) is 2.86. The third-order valence-corrected chi connectivity index (χ3v) is 4.16. The molecule has 28 heavy (non-hydrogen) atoms. The molecule has 0 aliphatic rings. The van der Waals surface area contributed by atoms with Gasteiger partial charge in [0.15, 0.2) is 6.04 Å². The molecule has 0 bridgehead atoms. The number of carboxylic acids is 1. The molecule has 0 radical (unpaired) electrons. The Balaban J connectivity index is 2.00. The topological polar surface area (TPSA) is 111 Å². The van der Waals surface area contributed by atoms with Crippen molar-refractivity contribution < 1.29 is 14.6 Å². The minimum absolute atomic E-state index is 0.464. The zero-order valence-corrected chi connectivity index (χ0v) is 15.6. The van der Waals surface area contributed by atoms with Gasteiger partial charge in [0.1, 0.15) is 11.6 Å². The minimum Gasteiger partial charge on any atom is -0.494 e. The maximum Gasteiger partial charge on any atom is 0.330 e. The first-order valence-corrected chi connectivity index (χ1v) is 8.79. The maximum atomic E-state index is 12.0. The standard InChI is InChI=1S/C21H20N4O3/c1-3-28-18-9-15(19-12-23-13(2)24-19)8-16(10-18)20(21(26)27)25-17-6-4-14(11-22)5-7-17/h4-10,12,20,25H,3H2,1-2H3,(H,23,24)(H,26,27). The summed E-state index contributed by atoms with van der Waals surface area (Å²) in [6.07, 6.45) is 1.70. The number of ether oxygens (including phenoxy) is 1. The number of carbonyl (C=O) groups is 1. The van der Waals surface area contributed by atoms with E-state index in [2.05, 4.69) is 15.3 Å². The first-order chi connectivity index (χ1) is 13.5. The highest BCUT2D eigenvalue weighted by Gasteiger charge is 2.22.